The number of benzene rings is 2. The van der Waals surface area contributed by atoms with E-state index in [-0.39, 0.29) is 24.7 Å². The average Bonchev–Trinajstić information content (AvgIpc) is 3.65. The van der Waals surface area contributed by atoms with Crippen molar-refractivity contribution in [3.8, 4) is 0 Å². The number of hydrogen-bond acceptors (Lipinski definition) is 5. The SMILES string of the molecule is [N-]=[N+]=N[C@H]1CC[C@@H]([C@@H](C2CC2)N(Cc2ccccc2)C(=O)OCc2ccccc2)O[C@@H]1O. The molecule has 1 saturated heterocycles. The largest absolute Gasteiger partial charge is 0.445 e. The molecule has 4 atom stereocenters. The van der Waals surface area contributed by atoms with Crippen LogP contribution in [-0.2, 0) is 22.6 Å². The smallest absolute Gasteiger partial charge is 0.410 e. The van der Waals surface area contributed by atoms with E-state index in [1.54, 1.807) is 4.90 Å². The molecule has 32 heavy (non-hydrogen) atoms. The Hall–Kier alpha value is -3.06. The number of nitrogens with zero attached hydrogens (tertiary/aromatic N) is 4. The Morgan fingerprint density at radius 3 is 2.34 bits per heavy atom. The van der Waals surface area contributed by atoms with Crippen LogP contribution < -0.4 is 0 Å². The van der Waals surface area contributed by atoms with Gasteiger partial charge in [0.1, 0.15) is 6.61 Å². The average molecular weight is 437 g/mol. The standard InChI is InChI=1S/C24H28N4O4/c25-27-26-20-13-14-21(32-23(20)29)22(19-11-12-19)28(15-17-7-3-1-4-8-17)24(30)31-16-18-9-5-2-6-10-18/h1-10,19-23,29H,11-16H2/t20-,21-,22+,23-/m0/s1. The number of rotatable bonds is 8. The van der Waals surface area contributed by atoms with Crippen molar-refractivity contribution in [2.24, 2.45) is 11.0 Å². The third-order valence-electron chi connectivity index (χ3n) is 6.07. The van der Waals surface area contributed by atoms with Gasteiger partial charge in [0.25, 0.3) is 0 Å². The van der Waals surface area contributed by atoms with Crippen molar-refractivity contribution in [1.82, 2.24) is 4.90 Å². The molecule has 0 bridgehead atoms. The lowest BCUT2D eigenvalue weighted by atomic mass is 9.94. The summed E-state index contributed by atoms with van der Waals surface area (Å²) >= 11 is 0. The third kappa shape index (κ3) is 5.59. The summed E-state index contributed by atoms with van der Waals surface area (Å²) in [5.41, 5.74) is 10.6. The molecule has 1 aliphatic heterocycles. The molecule has 1 saturated carbocycles. The molecule has 168 valence electrons. The zero-order valence-electron chi connectivity index (χ0n) is 17.9. The van der Waals surface area contributed by atoms with Gasteiger partial charge in [0.05, 0.1) is 18.2 Å². The highest BCUT2D eigenvalue weighted by molar-refractivity contribution is 5.68. The Morgan fingerprint density at radius 1 is 1.09 bits per heavy atom. The number of amides is 1. The summed E-state index contributed by atoms with van der Waals surface area (Å²) in [7, 11) is 0. The van der Waals surface area contributed by atoms with E-state index in [1.807, 2.05) is 60.7 Å². The van der Waals surface area contributed by atoms with E-state index in [1.165, 1.54) is 0 Å². The van der Waals surface area contributed by atoms with Gasteiger partial charge in [0.15, 0.2) is 6.29 Å². The molecule has 0 spiro atoms. The number of azide groups is 1. The summed E-state index contributed by atoms with van der Waals surface area (Å²) < 4.78 is 11.6. The molecule has 1 heterocycles. The highest BCUT2D eigenvalue weighted by Crippen LogP contribution is 2.41. The van der Waals surface area contributed by atoms with Crippen molar-refractivity contribution in [3.63, 3.8) is 0 Å². The van der Waals surface area contributed by atoms with Gasteiger partial charge in [0.2, 0.25) is 0 Å². The van der Waals surface area contributed by atoms with Crippen LogP contribution in [0.5, 0.6) is 0 Å². The first kappa shape index (κ1) is 22.1. The van der Waals surface area contributed by atoms with Crippen molar-refractivity contribution < 1.29 is 19.4 Å². The van der Waals surface area contributed by atoms with Crippen molar-refractivity contribution >= 4 is 6.09 Å². The lowest BCUT2D eigenvalue weighted by Crippen LogP contribution is -2.53. The number of carbonyl (C=O) groups excluding carboxylic acids is 1. The first-order chi connectivity index (χ1) is 15.7. The van der Waals surface area contributed by atoms with Crippen LogP contribution in [0.25, 0.3) is 10.4 Å². The highest BCUT2D eigenvalue weighted by Gasteiger charge is 2.46. The van der Waals surface area contributed by atoms with Crippen molar-refractivity contribution in [2.45, 2.75) is 63.3 Å². The Bertz CT molecular complexity index is 932. The second-order valence-electron chi connectivity index (χ2n) is 8.40. The molecule has 8 heteroatoms. The van der Waals surface area contributed by atoms with Crippen molar-refractivity contribution in [1.29, 1.82) is 0 Å². The lowest BCUT2D eigenvalue weighted by molar-refractivity contribution is -0.190. The van der Waals surface area contributed by atoms with Gasteiger partial charge in [-0.15, -0.1) is 0 Å². The summed E-state index contributed by atoms with van der Waals surface area (Å²) in [5, 5.41) is 14.0. The fraction of sp³-hybridized carbons (Fsp3) is 0.458. The summed E-state index contributed by atoms with van der Waals surface area (Å²) in [6, 6.07) is 18.6. The van der Waals surface area contributed by atoms with Gasteiger partial charge in [-0.2, -0.15) is 0 Å². The number of hydrogen-bond donors (Lipinski definition) is 1. The first-order valence-electron chi connectivity index (χ1n) is 11.0. The van der Waals surface area contributed by atoms with Crippen LogP contribution in [0.1, 0.15) is 36.8 Å². The Kier molecular flexibility index (Phi) is 7.27. The zero-order chi connectivity index (χ0) is 22.3. The van der Waals surface area contributed by atoms with Gasteiger partial charge >= 0.3 is 6.09 Å². The predicted molar refractivity (Wildman–Crippen MR) is 118 cm³/mol. The van der Waals surface area contributed by atoms with Crippen LogP contribution in [0, 0.1) is 5.92 Å². The minimum Gasteiger partial charge on any atom is -0.445 e. The van der Waals surface area contributed by atoms with Gasteiger partial charge in [-0.05, 0) is 48.3 Å². The Labute approximate surface area is 187 Å². The monoisotopic (exact) mass is 436 g/mol. The Balaban J connectivity index is 1.53. The topological polar surface area (TPSA) is 108 Å². The quantitative estimate of drug-likeness (QED) is 0.365. The molecule has 4 rings (SSSR count). The second-order valence-corrected chi connectivity index (χ2v) is 8.40. The molecule has 1 amide bonds. The van der Waals surface area contributed by atoms with Crippen molar-refractivity contribution in [2.75, 3.05) is 0 Å². The number of aliphatic hydroxyl groups excluding tert-OH is 1. The van der Waals surface area contributed by atoms with Gasteiger partial charge in [-0.3, -0.25) is 4.90 Å². The second kappa shape index (κ2) is 10.5. The van der Waals surface area contributed by atoms with E-state index in [2.05, 4.69) is 10.0 Å². The highest BCUT2D eigenvalue weighted by atomic mass is 16.6. The Morgan fingerprint density at radius 2 is 1.75 bits per heavy atom. The number of ether oxygens (including phenoxy) is 2. The van der Waals surface area contributed by atoms with Crippen LogP contribution in [0.2, 0.25) is 0 Å². The molecule has 1 aliphatic carbocycles. The zero-order valence-corrected chi connectivity index (χ0v) is 17.9. The van der Waals surface area contributed by atoms with E-state index in [0.29, 0.717) is 19.4 Å². The maximum atomic E-state index is 13.3. The predicted octanol–water partition coefficient (Wildman–Crippen LogP) is 4.78. The third-order valence-corrected chi connectivity index (χ3v) is 6.07. The number of aliphatic hydroxyl groups is 1. The van der Waals surface area contributed by atoms with Gasteiger partial charge in [-0.1, -0.05) is 65.8 Å². The minimum absolute atomic E-state index is 0.190. The first-order valence-corrected chi connectivity index (χ1v) is 11.0. The molecular formula is C24H28N4O4. The maximum absolute atomic E-state index is 13.3. The molecule has 2 aromatic carbocycles. The van der Waals surface area contributed by atoms with Crippen LogP contribution in [-0.4, -0.2) is 40.6 Å². The molecule has 0 radical (unpaired) electrons. The van der Waals surface area contributed by atoms with E-state index >= 15 is 0 Å². The van der Waals surface area contributed by atoms with E-state index in [0.717, 1.165) is 24.0 Å². The van der Waals surface area contributed by atoms with E-state index in [4.69, 9.17) is 15.0 Å². The van der Waals surface area contributed by atoms with Gasteiger partial charge < -0.3 is 14.6 Å². The van der Waals surface area contributed by atoms with Gasteiger partial charge in [0, 0.05) is 11.5 Å². The summed E-state index contributed by atoms with van der Waals surface area (Å²) in [4.78, 5) is 17.9. The molecule has 2 aliphatic rings. The number of carbonyl (C=O) groups is 1. The molecule has 2 aromatic rings. The normalized spacial score (nSPS) is 23.6. The lowest BCUT2D eigenvalue weighted by Gasteiger charge is -2.41. The summed E-state index contributed by atoms with van der Waals surface area (Å²) in [6.07, 6.45) is 1.18. The molecule has 0 aromatic heterocycles. The van der Waals surface area contributed by atoms with Crippen LogP contribution in [0.4, 0.5) is 4.79 Å². The maximum Gasteiger partial charge on any atom is 0.410 e. The van der Waals surface area contributed by atoms with Crippen molar-refractivity contribution in [3.05, 3.63) is 82.2 Å². The molecule has 8 nitrogen and oxygen atoms in total. The van der Waals surface area contributed by atoms with Gasteiger partial charge in [-0.25, -0.2) is 4.79 Å². The minimum atomic E-state index is -1.18. The van der Waals surface area contributed by atoms with Crippen LogP contribution in [0.3, 0.4) is 0 Å². The fourth-order valence-corrected chi connectivity index (χ4v) is 4.32. The molecule has 0 unspecified atom stereocenters. The molecule has 2 fully saturated rings. The van der Waals surface area contributed by atoms with Crippen LogP contribution in [0.15, 0.2) is 65.8 Å². The molecular weight excluding hydrogens is 408 g/mol. The summed E-state index contributed by atoms with van der Waals surface area (Å²) in [5.74, 6) is 0.288. The summed E-state index contributed by atoms with van der Waals surface area (Å²) in [6.45, 7) is 0.584. The molecule has 1 N–H and O–H groups in total. The van der Waals surface area contributed by atoms with E-state index < -0.39 is 18.4 Å². The van der Waals surface area contributed by atoms with E-state index in [9.17, 15) is 9.90 Å². The van der Waals surface area contributed by atoms with Crippen LogP contribution >= 0.6 is 0 Å². The fourth-order valence-electron chi connectivity index (χ4n) is 4.32.